The molecule has 0 aliphatic rings. The lowest BCUT2D eigenvalue weighted by molar-refractivity contribution is -0.385. The van der Waals surface area contributed by atoms with E-state index in [1.807, 2.05) is 4.72 Å². The number of non-ortho nitro benzene ring substituents is 1. The molecule has 0 bridgehead atoms. The topological polar surface area (TPSA) is 89.3 Å². The van der Waals surface area contributed by atoms with Gasteiger partial charge in [-0.05, 0) is 30.7 Å². The molecular formula is C14H10ClF3N2O4S. The molecule has 0 spiro atoms. The van der Waals surface area contributed by atoms with Crippen LogP contribution in [0.25, 0.3) is 0 Å². The van der Waals surface area contributed by atoms with Crippen molar-refractivity contribution in [1.29, 1.82) is 0 Å². The number of rotatable bonds is 4. The zero-order chi connectivity index (χ0) is 19.0. The molecule has 0 radical (unpaired) electrons. The average molecular weight is 395 g/mol. The summed E-state index contributed by atoms with van der Waals surface area (Å²) in [6.45, 7) is 1.37. The number of alkyl halides is 3. The van der Waals surface area contributed by atoms with E-state index < -0.39 is 43.0 Å². The zero-order valence-electron chi connectivity index (χ0n) is 12.5. The lowest BCUT2D eigenvalue weighted by Crippen LogP contribution is -2.18. The molecule has 6 nitrogen and oxygen atoms in total. The lowest BCUT2D eigenvalue weighted by Gasteiger charge is -2.16. The molecule has 0 aliphatic carbocycles. The van der Waals surface area contributed by atoms with E-state index in [0.717, 1.165) is 24.3 Å². The second kappa shape index (κ2) is 6.52. The number of nitro benzene ring substituents is 1. The Bertz CT molecular complexity index is 946. The van der Waals surface area contributed by atoms with Gasteiger partial charge in [-0.15, -0.1) is 0 Å². The summed E-state index contributed by atoms with van der Waals surface area (Å²) in [4.78, 5) is 9.50. The van der Waals surface area contributed by atoms with Gasteiger partial charge in [0.05, 0.1) is 21.1 Å². The standard InChI is InChI=1S/C14H10ClF3N2O4S/c1-8-2-4-10(20(21)22)7-13(8)25(23,24)19-12-5-3-9(15)6-11(12)14(16,17)18/h2-7,19H,1H3. The number of hydrogen-bond donors (Lipinski definition) is 1. The first-order chi connectivity index (χ1) is 11.4. The normalized spacial score (nSPS) is 12.0. The van der Waals surface area contributed by atoms with E-state index in [2.05, 4.69) is 0 Å². The average Bonchev–Trinajstić information content (AvgIpc) is 2.47. The second-order valence-electron chi connectivity index (χ2n) is 5.00. The highest BCUT2D eigenvalue weighted by atomic mass is 35.5. The largest absolute Gasteiger partial charge is 0.418 e. The molecule has 2 rings (SSSR count). The van der Waals surface area contributed by atoms with Gasteiger partial charge in [0.1, 0.15) is 0 Å². The van der Waals surface area contributed by atoms with E-state index in [1.54, 1.807) is 0 Å². The fraction of sp³-hybridized carbons (Fsp3) is 0.143. The summed E-state index contributed by atoms with van der Waals surface area (Å²) in [6, 6.07) is 5.61. The molecule has 2 aromatic carbocycles. The Morgan fingerprint density at radius 1 is 1.16 bits per heavy atom. The van der Waals surface area contributed by atoms with Crippen molar-refractivity contribution >= 4 is 33.0 Å². The molecule has 0 unspecified atom stereocenters. The van der Waals surface area contributed by atoms with Gasteiger partial charge in [0, 0.05) is 17.2 Å². The molecule has 0 amide bonds. The lowest BCUT2D eigenvalue weighted by atomic mass is 10.2. The van der Waals surface area contributed by atoms with Crippen molar-refractivity contribution in [1.82, 2.24) is 0 Å². The molecule has 0 atom stereocenters. The Morgan fingerprint density at radius 2 is 1.80 bits per heavy atom. The quantitative estimate of drug-likeness (QED) is 0.615. The summed E-state index contributed by atoms with van der Waals surface area (Å²) in [5.41, 5.74) is -2.37. The molecule has 0 saturated heterocycles. The fourth-order valence-corrected chi connectivity index (χ4v) is 3.55. The summed E-state index contributed by atoms with van der Waals surface area (Å²) in [7, 11) is -4.49. The number of nitro groups is 1. The van der Waals surface area contributed by atoms with Gasteiger partial charge in [-0.1, -0.05) is 17.7 Å². The highest BCUT2D eigenvalue weighted by molar-refractivity contribution is 7.92. The van der Waals surface area contributed by atoms with Gasteiger partial charge in [-0.25, -0.2) is 8.42 Å². The maximum Gasteiger partial charge on any atom is 0.418 e. The third-order valence-corrected chi connectivity index (χ3v) is 4.95. The summed E-state index contributed by atoms with van der Waals surface area (Å²) in [5.74, 6) is 0. The molecule has 0 aromatic heterocycles. The Kier molecular flexibility index (Phi) is 4.96. The number of benzene rings is 2. The van der Waals surface area contributed by atoms with Crippen LogP contribution in [-0.2, 0) is 16.2 Å². The Balaban J connectivity index is 2.54. The molecule has 0 heterocycles. The monoisotopic (exact) mass is 394 g/mol. The minimum atomic E-state index is -4.85. The van der Waals surface area contributed by atoms with Crippen molar-refractivity contribution in [2.45, 2.75) is 18.0 Å². The molecule has 11 heteroatoms. The van der Waals surface area contributed by atoms with Gasteiger partial charge in [-0.3, -0.25) is 14.8 Å². The molecule has 25 heavy (non-hydrogen) atoms. The fourth-order valence-electron chi connectivity index (χ4n) is 2.03. The van der Waals surface area contributed by atoms with Crippen LogP contribution >= 0.6 is 11.6 Å². The third-order valence-electron chi connectivity index (χ3n) is 3.20. The number of halogens is 4. The molecule has 2 aromatic rings. The van der Waals surface area contributed by atoms with Crippen molar-refractivity contribution in [3.63, 3.8) is 0 Å². The zero-order valence-corrected chi connectivity index (χ0v) is 14.0. The Labute approximate surface area is 145 Å². The van der Waals surface area contributed by atoms with Crippen LogP contribution in [0.3, 0.4) is 0 Å². The Hall–Kier alpha value is -2.33. The third kappa shape index (κ3) is 4.20. The van der Waals surface area contributed by atoms with E-state index in [-0.39, 0.29) is 10.6 Å². The van der Waals surface area contributed by atoms with Gasteiger partial charge in [-0.2, -0.15) is 13.2 Å². The van der Waals surface area contributed by atoms with Crippen LogP contribution < -0.4 is 4.72 Å². The predicted octanol–water partition coefficient (Wildman–Crippen LogP) is 4.38. The maximum atomic E-state index is 13.1. The van der Waals surface area contributed by atoms with Crippen LogP contribution in [0.2, 0.25) is 5.02 Å². The minimum Gasteiger partial charge on any atom is -0.279 e. The first-order valence-corrected chi connectivity index (χ1v) is 8.42. The predicted molar refractivity (Wildman–Crippen MR) is 85.1 cm³/mol. The number of nitrogens with one attached hydrogen (secondary N) is 1. The van der Waals surface area contributed by atoms with Gasteiger partial charge < -0.3 is 0 Å². The summed E-state index contributed by atoms with van der Waals surface area (Å²) < 4.78 is 65.9. The maximum absolute atomic E-state index is 13.1. The van der Waals surface area contributed by atoms with Crippen LogP contribution in [0.15, 0.2) is 41.3 Å². The van der Waals surface area contributed by atoms with Gasteiger partial charge >= 0.3 is 6.18 Å². The SMILES string of the molecule is Cc1ccc([N+](=O)[O-])cc1S(=O)(=O)Nc1ccc(Cl)cc1C(F)(F)F. The minimum absolute atomic E-state index is 0.139. The second-order valence-corrected chi connectivity index (χ2v) is 7.09. The van der Waals surface area contributed by atoms with Gasteiger partial charge in [0.25, 0.3) is 15.7 Å². The number of aryl methyl sites for hydroxylation is 1. The summed E-state index contributed by atoms with van der Waals surface area (Å²) in [5, 5.41) is 10.6. The molecule has 0 saturated carbocycles. The van der Waals surface area contributed by atoms with Crippen LogP contribution in [0.5, 0.6) is 0 Å². The van der Waals surface area contributed by atoms with E-state index >= 15 is 0 Å². The smallest absolute Gasteiger partial charge is 0.279 e. The number of nitrogens with zero attached hydrogens (tertiary/aromatic N) is 1. The highest BCUT2D eigenvalue weighted by Gasteiger charge is 2.35. The van der Waals surface area contributed by atoms with Crippen molar-refractivity contribution in [2.24, 2.45) is 0 Å². The summed E-state index contributed by atoms with van der Waals surface area (Å²) in [6.07, 6.45) is -4.85. The van der Waals surface area contributed by atoms with Crippen LogP contribution in [-0.4, -0.2) is 13.3 Å². The number of anilines is 1. The van der Waals surface area contributed by atoms with E-state index in [0.29, 0.717) is 6.07 Å². The van der Waals surface area contributed by atoms with Crippen molar-refractivity contribution in [2.75, 3.05) is 4.72 Å². The molecule has 134 valence electrons. The number of hydrogen-bond acceptors (Lipinski definition) is 4. The Morgan fingerprint density at radius 3 is 2.36 bits per heavy atom. The highest BCUT2D eigenvalue weighted by Crippen LogP contribution is 2.37. The van der Waals surface area contributed by atoms with Crippen LogP contribution in [0.1, 0.15) is 11.1 Å². The van der Waals surface area contributed by atoms with Crippen LogP contribution in [0, 0.1) is 17.0 Å². The van der Waals surface area contributed by atoms with E-state index in [1.165, 1.54) is 13.0 Å². The molecular weight excluding hydrogens is 385 g/mol. The van der Waals surface area contributed by atoms with Crippen molar-refractivity contribution in [3.05, 3.63) is 62.7 Å². The molecule has 1 N–H and O–H groups in total. The van der Waals surface area contributed by atoms with E-state index in [9.17, 15) is 31.7 Å². The molecule has 0 fully saturated rings. The van der Waals surface area contributed by atoms with Crippen molar-refractivity contribution < 1.29 is 26.5 Å². The first kappa shape index (κ1) is 19.0. The van der Waals surface area contributed by atoms with Crippen molar-refractivity contribution in [3.8, 4) is 0 Å². The van der Waals surface area contributed by atoms with Gasteiger partial charge in [0.15, 0.2) is 0 Å². The van der Waals surface area contributed by atoms with E-state index in [4.69, 9.17) is 11.6 Å². The first-order valence-electron chi connectivity index (χ1n) is 6.56. The molecule has 0 aliphatic heterocycles. The van der Waals surface area contributed by atoms with Gasteiger partial charge in [0.2, 0.25) is 0 Å². The number of sulfonamides is 1. The summed E-state index contributed by atoms with van der Waals surface area (Å²) >= 11 is 5.54. The van der Waals surface area contributed by atoms with Crippen LogP contribution in [0.4, 0.5) is 24.5 Å².